The summed E-state index contributed by atoms with van der Waals surface area (Å²) in [6.07, 6.45) is 1.47. The zero-order chi connectivity index (χ0) is 18.6. The second-order valence-corrected chi connectivity index (χ2v) is 5.76. The van der Waals surface area contributed by atoms with Crippen LogP contribution in [0.15, 0.2) is 30.5 Å². The molecule has 0 N–H and O–H groups in total. The Kier molecular flexibility index (Phi) is 5.90. The third-order valence-corrected chi connectivity index (χ3v) is 4.15. The van der Waals surface area contributed by atoms with Crippen LogP contribution in [0.2, 0.25) is 0 Å². The second-order valence-electron chi connectivity index (χ2n) is 5.76. The van der Waals surface area contributed by atoms with Crippen LogP contribution in [-0.4, -0.2) is 58.1 Å². The monoisotopic (exact) mass is 346 g/mol. The van der Waals surface area contributed by atoms with E-state index in [1.165, 1.54) is 23.2 Å². The molecule has 0 radical (unpaired) electrons. The minimum absolute atomic E-state index is 0.0156. The fourth-order valence-corrected chi connectivity index (χ4v) is 2.62. The minimum atomic E-state index is -0.334. The summed E-state index contributed by atoms with van der Waals surface area (Å²) in [6.45, 7) is 6.81. The largest absolute Gasteiger partial charge is 0.342 e. The summed E-state index contributed by atoms with van der Waals surface area (Å²) in [4.78, 5) is 27.9. The van der Waals surface area contributed by atoms with Crippen molar-refractivity contribution in [3.05, 3.63) is 47.5 Å². The number of carbonyl (C=O) groups excluding carboxylic acids is 2. The Morgan fingerprint density at radius 1 is 1.16 bits per heavy atom. The molecule has 0 aliphatic rings. The van der Waals surface area contributed by atoms with Crippen molar-refractivity contribution < 1.29 is 14.0 Å². The van der Waals surface area contributed by atoms with Crippen molar-refractivity contribution in [3.63, 3.8) is 0 Å². The average Bonchev–Trinajstić information content (AvgIpc) is 2.97. The smallest absolute Gasteiger partial charge is 0.257 e. The fourth-order valence-electron chi connectivity index (χ4n) is 2.62. The highest BCUT2D eigenvalue weighted by molar-refractivity contribution is 5.97. The van der Waals surface area contributed by atoms with Crippen molar-refractivity contribution in [3.8, 4) is 5.69 Å². The first-order valence-electron chi connectivity index (χ1n) is 8.22. The van der Waals surface area contributed by atoms with Crippen molar-refractivity contribution in [2.45, 2.75) is 20.8 Å². The van der Waals surface area contributed by atoms with Gasteiger partial charge in [0.25, 0.3) is 5.91 Å². The summed E-state index contributed by atoms with van der Waals surface area (Å²) in [5, 5.41) is 4.22. The highest BCUT2D eigenvalue weighted by Crippen LogP contribution is 2.16. The Labute approximate surface area is 146 Å². The van der Waals surface area contributed by atoms with Gasteiger partial charge in [-0.2, -0.15) is 5.10 Å². The van der Waals surface area contributed by atoms with Gasteiger partial charge < -0.3 is 9.80 Å². The number of aromatic nitrogens is 2. The molecular formula is C18H23FN4O2. The predicted molar refractivity (Wildman–Crippen MR) is 93.1 cm³/mol. The van der Waals surface area contributed by atoms with Gasteiger partial charge in [0, 0.05) is 20.1 Å². The number of hydrogen-bond acceptors (Lipinski definition) is 3. The molecule has 25 heavy (non-hydrogen) atoms. The molecule has 7 heteroatoms. The molecule has 0 spiro atoms. The third-order valence-electron chi connectivity index (χ3n) is 4.15. The van der Waals surface area contributed by atoms with Gasteiger partial charge in [-0.25, -0.2) is 9.07 Å². The highest BCUT2D eigenvalue weighted by Gasteiger charge is 2.21. The minimum Gasteiger partial charge on any atom is -0.342 e. The zero-order valence-corrected chi connectivity index (χ0v) is 15.0. The van der Waals surface area contributed by atoms with Gasteiger partial charge in [-0.3, -0.25) is 9.59 Å². The fraction of sp³-hybridized carbons (Fsp3) is 0.389. The SMILES string of the molecule is CCN(CC)C(=O)CN(C)C(=O)c1cnn(-c2ccc(F)cc2)c1C. The normalized spacial score (nSPS) is 10.6. The van der Waals surface area contributed by atoms with Gasteiger partial charge in [0.1, 0.15) is 5.82 Å². The van der Waals surface area contributed by atoms with Crippen LogP contribution in [0.1, 0.15) is 29.9 Å². The van der Waals surface area contributed by atoms with E-state index in [9.17, 15) is 14.0 Å². The van der Waals surface area contributed by atoms with E-state index in [4.69, 9.17) is 0 Å². The van der Waals surface area contributed by atoms with E-state index in [-0.39, 0.29) is 24.2 Å². The summed E-state index contributed by atoms with van der Waals surface area (Å²) < 4.78 is 14.6. The van der Waals surface area contributed by atoms with Crippen LogP contribution in [0, 0.1) is 12.7 Å². The number of hydrogen-bond donors (Lipinski definition) is 0. The van der Waals surface area contributed by atoms with Crippen LogP contribution in [-0.2, 0) is 4.79 Å². The molecule has 6 nitrogen and oxygen atoms in total. The van der Waals surface area contributed by atoms with Crippen molar-refractivity contribution in [2.24, 2.45) is 0 Å². The van der Waals surface area contributed by atoms with Gasteiger partial charge in [-0.1, -0.05) is 0 Å². The molecule has 0 saturated heterocycles. The molecule has 0 saturated carbocycles. The number of nitrogens with zero attached hydrogens (tertiary/aromatic N) is 4. The van der Waals surface area contributed by atoms with Crippen LogP contribution >= 0.6 is 0 Å². The molecule has 1 aromatic heterocycles. The number of amides is 2. The average molecular weight is 346 g/mol. The Bertz CT molecular complexity index is 751. The molecule has 0 bridgehead atoms. The molecule has 0 atom stereocenters. The lowest BCUT2D eigenvalue weighted by molar-refractivity contribution is -0.131. The van der Waals surface area contributed by atoms with Crippen molar-refractivity contribution in [1.29, 1.82) is 0 Å². The van der Waals surface area contributed by atoms with E-state index in [2.05, 4.69) is 5.10 Å². The van der Waals surface area contributed by atoms with Crippen molar-refractivity contribution in [1.82, 2.24) is 19.6 Å². The van der Waals surface area contributed by atoms with E-state index in [0.717, 1.165) is 0 Å². The van der Waals surface area contributed by atoms with Crippen molar-refractivity contribution >= 4 is 11.8 Å². The van der Waals surface area contributed by atoms with Crippen LogP contribution in [0.25, 0.3) is 5.69 Å². The summed E-state index contributed by atoms with van der Waals surface area (Å²) in [6, 6.07) is 5.87. The zero-order valence-electron chi connectivity index (χ0n) is 15.0. The van der Waals surface area contributed by atoms with E-state index < -0.39 is 0 Å². The van der Waals surface area contributed by atoms with E-state index in [1.807, 2.05) is 13.8 Å². The van der Waals surface area contributed by atoms with Gasteiger partial charge >= 0.3 is 0 Å². The molecular weight excluding hydrogens is 323 g/mol. The number of likely N-dealkylation sites (N-methyl/N-ethyl adjacent to an activating group) is 2. The highest BCUT2D eigenvalue weighted by atomic mass is 19.1. The summed E-state index contributed by atoms with van der Waals surface area (Å²) in [7, 11) is 1.60. The number of halogens is 1. The first kappa shape index (κ1) is 18.6. The van der Waals surface area contributed by atoms with Crippen molar-refractivity contribution in [2.75, 3.05) is 26.7 Å². The maximum absolute atomic E-state index is 13.1. The quantitative estimate of drug-likeness (QED) is 0.806. The molecule has 134 valence electrons. The summed E-state index contributed by atoms with van der Waals surface area (Å²) in [5.74, 6) is -0.699. The maximum Gasteiger partial charge on any atom is 0.257 e. The van der Waals surface area contributed by atoms with Gasteiger partial charge in [0.05, 0.1) is 29.7 Å². The number of rotatable bonds is 6. The van der Waals surface area contributed by atoms with E-state index in [1.54, 1.807) is 35.7 Å². The molecule has 2 amide bonds. The van der Waals surface area contributed by atoms with Gasteiger partial charge in [-0.15, -0.1) is 0 Å². The molecule has 2 aromatic rings. The molecule has 0 aliphatic heterocycles. The molecule has 1 heterocycles. The van der Waals surface area contributed by atoms with Gasteiger partial charge in [0.2, 0.25) is 5.91 Å². The van der Waals surface area contributed by atoms with Crippen LogP contribution < -0.4 is 0 Å². The van der Waals surface area contributed by atoms with E-state index >= 15 is 0 Å². The second kappa shape index (κ2) is 7.92. The van der Waals surface area contributed by atoms with Crippen LogP contribution in [0.5, 0.6) is 0 Å². The topological polar surface area (TPSA) is 58.4 Å². The summed E-state index contributed by atoms with van der Waals surface area (Å²) >= 11 is 0. The number of benzene rings is 1. The molecule has 2 rings (SSSR count). The molecule has 0 unspecified atom stereocenters. The standard InChI is InChI=1S/C18H23FN4O2/c1-5-22(6-2)17(24)12-21(4)18(25)16-11-20-23(13(16)3)15-9-7-14(19)8-10-15/h7-11H,5-6,12H2,1-4H3. The van der Waals surface area contributed by atoms with E-state index in [0.29, 0.717) is 30.0 Å². The first-order valence-corrected chi connectivity index (χ1v) is 8.22. The molecule has 1 aromatic carbocycles. The third kappa shape index (κ3) is 4.04. The lowest BCUT2D eigenvalue weighted by Crippen LogP contribution is -2.41. The number of carbonyl (C=O) groups is 2. The van der Waals surface area contributed by atoms with Crippen LogP contribution in [0.3, 0.4) is 0 Å². The Morgan fingerprint density at radius 2 is 1.76 bits per heavy atom. The Balaban J connectivity index is 2.17. The first-order chi connectivity index (χ1) is 11.9. The lowest BCUT2D eigenvalue weighted by atomic mass is 10.2. The Hall–Kier alpha value is -2.70. The maximum atomic E-state index is 13.1. The molecule has 0 fully saturated rings. The lowest BCUT2D eigenvalue weighted by Gasteiger charge is -2.23. The molecule has 0 aliphatic carbocycles. The summed E-state index contributed by atoms with van der Waals surface area (Å²) in [5.41, 5.74) is 1.72. The van der Waals surface area contributed by atoms with Gasteiger partial charge in [-0.05, 0) is 45.0 Å². The Morgan fingerprint density at radius 3 is 2.32 bits per heavy atom. The predicted octanol–water partition coefficient (Wildman–Crippen LogP) is 2.26. The van der Waals surface area contributed by atoms with Gasteiger partial charge in [0.15, 0.2) is 0 Å². The van der Waals surface area contributed by atoms with Crippen LogP contribution in [0.4, 0.5) is 4.39 Å².